The third kappa shape index (κ3) is 3.29. The van der Waals surface area contributed by atoms with Gasteiger partial charge < -0.3 is 25.4 Å². The fourth-order valence-corrected chi connectivity index (χ4v) is 4.27. The standard InChI is InChI=1S/C17H16N2O8S/c1-27-17(26)9-6-28-15-10(14(23)19(15)11(9)16(24)25)18-13(22)12(21)7-2-4-8(20)5-3-7/h2-5,10,12,15,20-21H,6H2,1H3,(H,18,22)(H,24,25)/t10?,12-,15-/m1/s1. The lowest BCUT2D eigenvalue weighted by Crippen LogP contribution is -2.71. The fourth-order valence-electron chi connectivity index (χ4n) is 2.94. The number of esters is 1. The number of phenolic OH excluding ortho intramolecular Hbond substituents is 1. The number of carboxylic acid groups (broad SMARTS) is 1. The van der Waals surface area contributed by atoms with Crippen LogP contribution in [0.3, 0.4) is 0 Å². The van der Waals surface area contributed by atoms with Crippen LogP contribution in [0, 0.1) is 0 Å². The lowest BCUT2D eigenvalue weighted by molar-refractivity contribution is -0.152. The van der Waals surface area contributed by atoms with Gasteiger partial charge in [0.2, 0.25) is 0 Å². The largest absolute Gasteiger partial charge is 0.508 e. The van der Waals surface area contributed by atoms with Gasteiger partial charge in [-0.25, -0.2) is 9.59 Å². The Morgan fingerprint density at radius 1 is 1.29 bits per heavy atom. The first-order chi connectivity index (χ1) is 13.3. The second-order valence-electron chi connectivity index (χ2n) is 6.01. The van der Waals surface area contributed by atoms with Crippen molar-refractivity contribution in [2.75, 3.05) is 12.9 Å². The molecule has 2 aliphatic heterocycles. The molecule has 3 rings (SSSR count). The maximum absolute atomic E-state index is 12.4. The normalized spacial score (nSPS) is 22.1. The highest BCUT2D eigenvalue weighted by molar-refractivity contribution is 8.00. The average molecular weight is 408 g/mol. The molecule has 4 N–H and O–H groups in total. The first-order valence-corrected chi connectivity index (χ1v) is 9.08. The molecule has 1 aromatic rings. The maximum atomic E-state index is 12.4. The van der Waals surface area contributed by atoms with Gasteiger partial charge in [0.15, 0.2) is 6.10 Å². The van der Waals surface area contributed by atoms with Gasteiger partial charge in [0.05, 0.1) is 12.7 Å². The smallest absolute Gasteiger partial charge is 0.353 e. The number of amides is 2. The number of phenols is 1. The van der Waals surface area contributed by atoms with Gasteiger partial charge in [-0.3, -0.25) is 14.5 Å². The van der Waals surface area contributed by atoms with Crippen molar-refractivity contribution >= 4 is 35.5 Å². The Morgan fingerprint density at radius 2 is 1.93 bits per heavy atom. The summed E-state index contributed by atoms with van der Waals surface area (Å²) in [5.41, 5.74) is -0.391. The third-order valence-corrected chi connectivity index (χ3v) is 5.64. The number of hydrogen-bond donors (Lipinski definition) is 4. The molecule has 148 valence electrons. The monoisotopic (exact) mass is 408 g/mol. The number of methoxy groups -OCH3 is 1. The average Bonchev–Trinajstić information content (AvgIpc) is 2.69. The summed E-state index contributed by atoms with van der Waals surface area (Å²) in [6, 6.07) is 4.28. The minimum Gasteiger partial charge on any atom is -0.508 e. The molecule has 0 aromatic heterocycles. The number of nitrogens with one attached hydrogen (secondary N) is 1. The molecule has 10 nitrogen and oxygen atoms in total. The van der Waals surface area contributed by atoms with Crippen molar-refractivity contribution in [2.24, 2.45) is 0 Å². The molecule has 1 aromatic carbocycles. The summed E-state index contributed by atoms with van der Waals surface area (Å²) in [5, 5.41) is 30.5. The Kier molecular flexibility index (Phi) is 5.29. The zero-order valence-electron chi connectivity index (χ0n) is 14.5. The lowest BCUT2D eigenvalue weighted by Gasteiger charge is -2.49. The van der Waals surface area contributed by atoms with Crippen LogP contribution in [0.5, 0.6) is 5.75 Å². The number of fused-ring (bicyclic) bond motifs is 1. The zero-order chi connectivity index (χ0) is 20.6. The molecular weight excluding hydrogens is 392 g/mol. The van der Waals surface area contributed by atoms with Crippen LogP contribution in [0.25, 0.3) is 0 Å². The van der Waals surface area contributed by atoms with Crippen molar-refractivity contribution in [3.05, 3.63) is 41.1 Å². The zero-order valence-corrected chi connectivity index (χ0v) is 15.3. The number of carboxylic acids is 1. The molecular formula is C17H16N2O8S. The van der Waals surface area contributed by atoms with Gasteiger partial charge in [-0.05, 0) is 17.7 Å². The fraction of sp³-hybridized carbons (Fsp3) is 0.294. The number of carbonyl (C=O) groups is 4. The van der Waals surface area contributed by atoms with Crippen molar-refractivity contribution < 1.29 is 39.2 Å². The molecule has 0 radical (unpaired) electrons. The molecule has 1 fully saturated rings. The molecule has 0 saturated carbocycles. The summed E-state index contributed by atoms with van der Waals surface area (Å²) >= 11 is 1.10. The number of aliphatic hydroxyl groups excluding tert-OH is 1. The van der Waals surface area contributed by atoms with Gasteiger partial charge in [0.25, 0.3) is 11.8 Å². The van der Waals surface area contributed by atoms with Gasteiger partial charge in [-0.2, -0.15) is 0 Å². The summed E-state index contributed by atoms with van der Waals surface area (Å²) in [6.07, 6.45) is -1.57. The number of hydrogen-bond acceptors (Lipinski definition) is 8. The minimum absolute atomic E-state index is 0.00433. The van der Waals surface area contributed by atoms with Crippen LogP contribution in [0.4, 0.5) is 0 Å². The van der Waals surface area contributed by atoms with Gasteiger partial charge in [0.1, 0.15) is 22.9 Å². The summed E-state index contributed by atoms with van der Waals surface area (Å²) in [6.45, 7) is 0. The Bertz CT molecular complexity index is 882. The van der Waals surface area contributed by atoms with Gasteiger partial charge >= 0.3 is 11.9 Å². The number of β-lactam (4-membered cyclic amide) rings is 1. The molecule has 28 heavy (non-hydrogen) atoms. The summed E-state index contributed by atoms with van der Waals surface area (Å²) < 4.78 is 4.56. The Hall–Kier alpha value is -3.05. The molecule has 1 unspecified atom stereocenters. The third-order valence-electron chi connectivity index (χ3n) is 4.36. The number of benzene rings is 1. The Balaban J connectivity index is 1.75. The van der Waals surface area contributed by atoms with Crippen molar-refractivity contribution in [3.8, 4) is 5.75 Å². The number of aromatic hydroxyl groups is 1. The van der Waals surface area contributed by atoms with E-state index in [4.69, 9.17) is 0 Å². The number of aliphatic hydroxyl groups is 1. The predicted octanol–water partition coefficient (Wildman–Crippen LogP) is -0.663. The van der Waals surface area contributed by atoms with E-state index in [1.54, 1.807) is 0 Å². The second-order valence-corrected chi connectivity index (χ2v) is 7.12. The van der Waals surface area contributed by atoms with Gasteiger partial charge in [-0.1, -0.05) is 12.1 Å². The predicted molar refractivity (Wildman–Crippen MR) is 94.8 cm³/mol. The summed E-state index contributed by atoms with van der Waals surface area (Å²) in [7, 11) is 1.11. The molecule has 0 aliphatic carbocycles. The molecule has 2 heterocycles. The van der Waals surface area contributed by atoms with Crippen LogP contribution in [0.1, 0.15) is 11.7 Å². The van der Waals surface area contributed by atoms with E-state index in [-0.39, 0.29) is 22.6 Å². The number of carbonyl (C=O) groups excluding carboxylic acids is 3. The van der Waals surface area contributed by atoms with Crippen LogP contribution >= 0.6 is 11.8 Å². The van der Waals surface area contributed by atoms with Crippen molar-refractivity contribution in [1.29, 1.82) is 0 Å². The molecule has 0 spiro atoms. The number of rotatable bonds is 5. The highest BCUT2D eigenvalue weighted by atomic mass is 32.2. The quantitative estimate of drug-likeness (QED) is 0.367. The molecule has 2 aliphatic rings. The first kappa shape index (κ1) is 19.7. The molecule has 11 heteroatoms. The Morgan fingerprint density at radius 3 is 2.50 bits per heavy atom. The van der Waals surface area contributed by atoms with Gasteiger partial charge in [-0.15, -0.1) is 11.8 Å². The van der Waals surface area contributed by atoms with E-state index in [9.17, 15) is 34.5 Å². The van der Waals surface area contributed by atoms with E-state index < -0.39 is 47.0 Å². The first-order valence-electron chi connectivity index (χ1n) is 8.03. The number of ether oxygens (including phenoxy) is 1. The number of thioether (sulfide) groups is 1. The number of nitrogens with zero attached hydrogens (tertiary/aromatic N) is 1. The molecule has 3 atom stereocenters. The summed E-state index contributed by atoms with van der Waals surface area (Å²) in [4.78, 5) is 49.0. The maximum Gasteiger partial charge on any atom is 0.353 e. The Labute approximate surface area is 162 Å². The molecule has 2 amide bonds. The second kappa shape index (κ2) is 7.52. The van der Waals surface area contributed by atoms with E-state index in [1.807, 2.05) is 0 Å². The highest BCUT2D eigenvalue weighted by Crippen LogP contribution is 2.40. The lowest BCUT2D eigenvalue weighted by atomic mass is 10.0. The van der Waals surface area contributed by atoms with Crippen LogP contribution in [-0.4, -0.2) is 68.3 Å². The van der Waals surface area contributed by atoms with Crippen molar-refractivity contribution in [3.63, 3.8) is 0 Å². The van der Waals surface area contributed by atoms with E-state index in [2.05, 4.69) is 10.1 Å². The van der Waals surface area contributed by atoms with E-state index in [1.165, 1.54) is 24.3 Å². The highest BCUT2D eigenvalue weighted by Gasteiger charge is 2.55. The molecule has 0 bridgehead atoms. The van der Waals surface area contributed by atoms with Gasteiger partial charge in [0, 0.05) is 5.75 Å². The van der Waals surface area contributed by atoms with E-state index in [0.717, 1.165) is 23.8 Å². The van der Waals surface area contributed by atoms with Crippen LogP contribution < -0.4 is 5.32 Å². The minimum atomic E-state index is -1.57. The van der Waals surface area contributed by atoms with E-state index >= 15 is 0 Å². The van der Waals surface area contributed by atoms with Crippen LogP contribution in [-0.2, 0) is 23.9 Å². The van der Waals surface area contributed by atoms with Crippen LogP contribution in [0.15, 0.2) is 35.5 Å². The summed E-state index contributed by atoms with van der Waals surface area (Å²) in [5.74, 6) is -3.88. The SMILES string of the molecule is COC(=O)C1=C(C(=O)O)N2C(=O)C(NC(=O)[C@H](O)c3ccc(O)cc3)[C@H]2SC1. The molecule has 1 saturated heterocycles. The van der Waals surface area contributed by atoms with Crippen molar-refractivity contribution in [2.45, 2.75) is 17.5 Å². The van der Waals surface area contributed by atoms with E-state index in [0.29, 0.717) is 0 Å². The van der Waals surface area contributed by atoms with Crippen molar-refractivity contribution in [1.82, 2.24) is 10.2 Å². The van der Waals surface area contributed by atoms with Crippen LogP contribution in [0.2, 0.25) is 0 Å². The number of aliphatic carboxylic acids is 1. The topological polar surface area (TPSA) is 153 Å².